The Hall–Kier alpha value is -2.67. The van der Waals surface area contributed by atoms with Crippen molar-refractivity contribution in [3.05, 3.63) is 57.4 Å². The standard InChI is InChI=1S/C12H9ClN4O3/c13-8-4-3-7(17(18)19)6-10(8)20-9-2-1-5-16-11(9)12(14)15/h1-6H,(H3,14,15). The van der Waals surface area contributed by atoms with Crippen LogP contribution in [0.1, 0.15) is 5.69 Å². The molecule has 2 rings (SSSR count). The van der Waals surface area contributed by atoms with E-state index in [0.29, 0.717) is 0 Å². The molecule has 0 aliphatic carbocycles. The van der Waals surface area contributed by atoms with Crippen molar-refractivity contribution >= 4 is 23.1 Å². The Kier molecular flexibility index (Phi) is 3.81. The number of nitrogens with one attached hydrogen (secondary N) is 1. The molecular formula is C12H9ClN4O3. The van der Waals surface area contributed by atoms with E-state index in [2.05, 4.69) is 4.98 Å². The van der Waals surface area contributed by atoms with E-state index in [1.54, 1.807) is 12.1 Å². The topological polar surface area (TPSA) is 115 Å². The molecule has 0 aliphatic rings. The van der Waals surface area contributed by atoms with Crippen molar-refractivity contribution in [2.75, 3.05) is 0 Å². The summed E-state index contributed by atoms with van der Waals surface area (Å²) in [6.07, 6.45) is 1.46. The zero-order valence-corrected chi connectivity index (χ0v) is 10.8. The molecule has 0 unspecified atom stereocenters. The van der Waals surface area contributed by atoms with Crippen molar-refractivity contribution in [3.63, 3.8) is 0 Å². The molecule has 0 amide bonds. The minimum atomic E-state index is -0.557. The molecule has 0 aliphatic heterocycles. The second kappa shape index (κ2) is 5.54. The van der Waals surface area contributed by atoms with Gasteiger partial charge in [-0.2, -0.15) is 0 Å². The maximum Gasteiger partial charge on any atom is 0.273 e. The molecule has 102 valence electrons. The second-order valence-electron chi connectivity index (χ2n) is 3.74. The highest BCUT2D eigenvalue weighted by molar-refractivity contribution is 6.32. The molecule has 1 aromatic carbocycles. The van der Waals surface area contributed by atoms with Crippen LogP contribution in [0.5, 0.6) is 11.5 Å². The molecule has 20 heavy (non-hydrogen) atoms. The van der Waals surface area contributed by atoms with Gasteiger partial charge in [0.25, 0.3) is 5.69 Å². The summed E-state index contributed by atoms with van der Waals surface area (Å²) in [6, 6.07) is 6.95. The van der Waals surface area contributed by atoms with Crippen LogP contribution in [0.4, 0.5) is 5.69 Å². The molecule has 2 aromatic rings. The number of nitrogens with zero attached hydrogens (tertiary/aromatic N) is 2. The third-order valence-corrected chi connectivity index (χ3v) is 2.68. The molecule has 0 saturated carbocycles. The van der Waals surface area contributed by atoms with Crippen LogP contribution in [-0.4, -0.2) is 15.7 Å². The predicted octanol–water partition coefficient (Wildman–Crippen LogP) is 2.72. The van der Waals surface area contributed by atoms with Crippen molar-refractivity contribution in [2.45, 2.75) is 0 Å². The number of nitrogen functional groups attached to an aromatic ring is 1. The summed E-state index contributed by atoms with van der Waals surface area (Å²) in [5.74, 6) is 0.0147. The predicted molar refractivity (Wildman–Crippen MR) is 73.4 cm³/mol. The smallest absolute Gasteiger partial charge is 0.273 e. The van der Waals surface area contributed by atoms with Gasteiger partial charge in [0.15, 0.2) is 11.5 Å². The highest BCUT2D eigenvalue weighted by atomic mass is 35.5. The molecule has 0 bridgehead atoms. The number of nitrogens with two attached hydrogens (primary N) is 1. The number of halogens is 1. The monoisotopic (exact) mass is 292 g/mol. The van der Waals surface area contributed by atoms with Crippen LogP contribution >= 0.6 is 11.6 Å². The minimum Gasteiger partial charge on any atom is -0.453 e. The van der Waals surface area contributed by atoms with Crippen LogP contribution in [0.3, 0.4) is 0 Å². The van der Waals surface area contributed by atoms with Gasteiger partial charge in [0.1, 0.15) is 11.5 Å². The largest absolute Gasteiger partial charge is 0.453 e. The fourth-order valence-corrected chi connectivity index (χ4v) is 1.63. The number of hydrogen-bond acceptors (Lipinski definition) is 5. The van der Waals surface area contributed by atoms with Crippen molar-refractivity contribution < 1.29 is 9.66 Å². The van der Waals surface area contributed by atoms with Crippen molar-refractivity contribution in [1.29, 1.82) is 5.41 Å². The van der Waals surface area contributed by atoms with Gasteiger partial charge in [-0.25, -0.2) is 4.98 Å². The van der Waals surface area contributed by atoms with E-state index in [4.69, 9.17) is 27.5 Å². The van der Waals surface area contributed by atoms with Gasteiger partial charge < -0.3 is 10.5 Å². The molecule has 3 N–H and O–H groups in total. The Balaban J connectivity index is 2.42. The number of pyridine rings is 1. The summed E-state index contributed by atoms with van der Waals surface area (Å²) in [4.78, 5) is 14.1. The van der Waals surface area contributed by atoms with E-state index in [0.717, 1.165) is 0 Å². The van der Waals surface area contributed by atoms with Gasteiger partial charge >= 0.3 is 0 Å². The maximum absolute atomic E-state index is 10.7. The van der Waals surface area contributed by atoms with Crippen molar-refractivity contribution in [3.8, 4) is 11.5 Å². The Morgan fingerprint density at radius 2 is 2.15 bits per heavy atom. The molecule has 0 spiro atoms. The maximum atomic E-state index is 10.7. The highest BCUT2D eigenvalue weighted by Crippen LogP contribution is 2.33. The fraction of sp³-hybridized carbons (Fsp3) is 0. The number of rotatable bonds is 4. The fourth-order valence-electron chi connectivity index (χ4n) is 1.48. The molecule has 1 heterocycles. The third-order valence-electron chi connectivity index (χ3n) is 2.37. The van der Waals surface area contributed by atoms with Gasteiger partial charge in [0, 0.05) is 12.3 Å². The first-order valence-electron chi connectivity index (χ1n) is 5.40. The lowest BCUT2D eigenvalue weighted by molar-refractivity contribution is -0.384. The number of nitro groups is 1. The normalized spacial score (nSPS) is 10.1. The van der Waals surface area contributed by atoms with Crippen LogP contribution < -0.4 is 10.5 Å². The van der Waals surface area contributed by atoms with E-state index in [-0.39, 0.29) is 33.7 Å². The Bertz CT molecular complexity index is 690. The third kappa shape index (κ3) is 2.83. The van der Waals surface area contributed by atoms with Crippen molar-refractivity contribution in [1.82, 2.24) is 4.98 Å². The van der Waals surface area contributed by atoms with E-state index in [1.165, 1.54) is 24.4 Å². The SMILES string of the molecule is N=C(N)c1ncccc1Oc1cc([N+](=O)[O-])ccc1Cl. The summed E-state index contributed by atoms with van der Waals surface area (Å²) in [7, 11) is 0. The number of non-ortho nitro benzene ring substituents is 1. The number of aromatic nitrogens is 1. The van der Waals surface area contributed by atoms with Crippen LogP contribution in [0.25, 0.3) is 0 Å². The molecule has 0 radical (unpaired) electrons. The summed E-state index contributed by atoms with van der Waals surface area (Å²) in [5.41, 5.74) is 5.36. The van der Waals surface area contributed by atoms with Crippen LogP contribution in [0.2, 0.25) is 5.02 Å². The van der Waals surface area contributed by atoms with E-state index in [1.807, 2.05) is 0 Å². The quantitative estimate of drug-likeness (QED) is 0.389. The Morgan fingerprint density at radius 3 is 2.80 bits per heavy atom. The molecule has 1 aromatic heterocycles. The zero-order valence-electron chi connectivity index (χ0n) is 10.0. The summed E-state index contributed by atoms with van der Waals surface area (Å²) >= 11 is 5.93. The van der Waals surface area contributed by atoms with Gasteiger partial charge in [0.05, 0.1) is 16.0 Å². The van der Waals surface area contributed by atoms with Gasteiger partial charge in [0.2, 0.25) is 0 Å². The first-order valence-corrected chi connectivity index (χ1v) is 5.78. The first-order chi connectivity index (χ1) is 9.49. The number of hydrogen-bond donors (Lipinski definition) is 2. The average Bonchev–Trinajstić information content (AvgIpc) is 2.41. The number of benzene rings is 1. The van der Waals surface area contributed by atoms with Gasteiger partial charge in [-0.15, -0.1) is 0 Å². The van der Waals surface area contributed by atoms with Crippen LogP contribution in [0, 0.1) is 15.5 Å². The highest BCUT2D eigenvalue weighted by Gasteiger charge is 2.14. The zero-order chi connectivity index (χ0) is 14.7. The molecule has 0 fully saturated rings. The average molecular weight is 293 g/mol. The summed E-state index contributed by atoms with van der Waals surface area (Å²) in [6.45, 7) is 0. The molecule has 0 atom stereocenters. The molecule has 7 nitrogen and oxygen atoms in total. The Morgan fingerprint density at radius 1 is 1.40 bits per heavy atom. The van der Waals surface area contributed by atoms with E-state index < -0.39 is 4.92 Å². The lowest BCUT2D eigenvalue weighted by Gasteiger charge is -2.10. The van der Waals surface area contributed by atoms with Gasteiger partial charge in [-0.1, -0.05) is 11.6 Å². The molecule has 0 saturated heterocycles. The van der Waals surface area contributed by atoms with Crippen LogP contribution in [-0.2, 0) is 0 Å². The molecular weight excluding hydrogens is 284 g/mol. The Labute approximate surface area is 118 Å². The summed E-state index contributed by atoms with van der Waals surface area (Å²) in [5, 5.41) is 18.3. The van der Waals surface area contributed by atoms with Gasteiger partial charge in [-0.3, -0.25) is 15.5 Å². The van der Waals surface area contributed by atoms with E-state index in [9.17, 15) is 10.1 Å². The van der Waals surface area contributed by atoms with Crippen molar-refractivity contribution in [2.24, 2.45) is 5.73 Å². The minimum absolute atomic E-state index is 0.0939. The number of ether oxygens (including phenoxy) is 1. The molecule has 8 heteroatoms. The van der Waals surface area contributed by atoms with E-state index >= 15 is 0 Å². The van der Waals surface area contributed by atoms with Crippen LogP contribution in [0.15, 0.2) is 36.5 Å². The second-order valence-corrected chi connectivity index (χ2v) is 4.14. The lowest BCUT2D eigenvalue weighted by Crippen LogP contribution is -2.14. The van der Waals surface area contributed by atoms with Gasteiger partial charge in [-0.05, 0) is 18.2 Å². The number of amidine groups is 1. The first kappa shape index (κ1) is 13.8. The number of nitro benzene ring substituents is 1. The summed E-state index contributed by atoms with van der Waals surface area (Å²) < 4.78 is 5.47. The lowest BCUT2D eigenvalue weighted by atomic mass is 10.3.